The number of nitrogens with zero attached hydrogens (tertiary/aromatic N) is 2. The minimum atomic E-state index is -0.285. The van der Waals surface area contributed by atoms with Crippen molar-refractivity contribution in [3.05, 3.63) is 45.9 Å². The normalized spacial score (nSPS) is 17.9. The van der Waals surface area contributed by atoms with Crippen molar-refractivity contribution in [1.82, 2.24) is 9.97 Å². The van der Waals surface area contributed by atoms with Crippen molar-refractivity contribution in [2.75, 3.05) is 6.54 Å². The van der Waals surface area contributed by atoms with Crippen LogP contribution in [0, 0.1) is 11.7 Å². The molecule has 2 aromatic rings. The maximum Gasteiger partial charge on any atom is 0.160 e. The summed E-state index contributed by atoms with van der Waals surface area (Å²) in [6.07, 6.45) is 4.77. The maximum absolute atomic E-state index is 13.4. The summed E-state index contributed by atoms with van der Waals surface area (Å²) in [7, 11) is 0. The molecule has 1 atom stereocenters. The molecule has 1 heterocycles. The monoisotopic (exact) mass is 335 g/mol. The lowest BCUT2D eigenvalue weighted by Crippen LogP contribution is -2.23. The Bertz CT molecular complexity index is 645. The summed E-state index contributed by atoms with van der Waals surface area (Å²) in [6.45, 7) is 0.705. The van der Waals surface area contributed by atoms with Crippen LogP contribution in [0.25, 0.3) is 11.4 Å². The average molecular weight is 336 g/mol. The molecule has 0 fully saturated rings. The Labute approximate surface area is 125 Å². The fourth-order valence-electron chi connectivity index (χ4n) is 2.58. The highest BCUT2D eigenvalue weighted by molar-refractivity contribution is 9.10. The van der Waals surface area contributed by atoms with E-state index in [-0.39, 0.29) is 5.82 Å². The second kappa shape index (κ2) is 5.58. The van der Waals surface area contributed by atoms with Crippen molar-refractivity contribution in [3.8, 4) is 11.4 Å². The zero-order valence-corrected chi connectivity index (χ0v) is 12.5. The standard InChI is InChI=1S/C15H15BrFN3/c16-13-3-2-11(17)6-12(13)15-19-8-10-5-9(7-18)1-4-14(10)20-15/h2-3,6,8-9H,1,4-5,7,18H2. The van der Waals surface area contributed by atoms with Gasteiger partial charge >= 0.3 is 0 Å². The van der Waals surface area contributed by atoms with E-state index >= 15 is 0 Å². The minimum absolute atomic E-state index is 0.285. The molecule has 1 aliphatic rings. The van der Waals surface area contributed by atoms with Gasteiger partial charge < -0.3 is 5.73 Å². The fraction of sp³-hybridized carbons (Fsp3) is 0.333. The lowest BCUT2D eigenvalue weighted by Gasteiger charge is -2.22. The van der Waals surface area contributed by atoms with Gasteiger partial charge in [-0.15, -0.1) is 0 Å². The van der Waals surface area contributed by atoms with E-state index in [1.165, 1.54) is 17.7 Å². The van der Waals surface area contributed by atoms with Crippen molar-refractivity contribution < 1.29 is 4.39 Å². The number of rotatable bonds is 2. The first kappa shape index (κ1) is 13.6. The zero-order valence-electron chi connectivity index (χ0n) is 10.9. The molecule has 0 saturated heterocycles. The summed E-state index contributed by atoms with van der Waals surface area (Å²) < 4.78 is 14.2. The van der Waals surface area contributed by atoms with Gasteiger partial charge in [0, 0.05) is 21.9 Å². The van der Waals surface area contributed by atoms with Crippen LogP contribution in [0.15, 0.2) is 28.9 Å². The van der Waals surface area contributed by atoms with Gasteiger partial charge in [-0.25, -0.2) is 14.4 Å². The molecule has 2 N–H and O–H groups in total. The smallest absolute Gasteiger partial charge is 0.160 e. The highest BCUT2D eigenvalue weighted by atomic mass is 79.9. The van der Waals surface area contributed by atoms with Gasteiger partial charge in [-0.3, -0.25) is 0 Å². The van der Waals surface area contributed by atoms with Gasteiger partial charge in [0.25, 0.3) is 0 Å². The van der Waals surface area contributed by atoms with Crippen LogP contribution in [0.4, 0.5) is 4.39 Å². The molecule has 0 bridgehead atoms. The second-order valence-electron chi connectivity index (χ2n) is 5.13. The van der Waals surface area contributed by atoms with Crippen molar-refractivity contribution in [2.24, 2.45) is 11.7 Å². The topological polar surface area (TPSA) is 51.8 Å². The van der Waals surface area contributed by atoms with Crippen LogP contribution in [0.3, 0.4) is 0 Å². The van der Waals surface area contributed by atoms with Gasteiger partial charge in [0.05, 0.1) is 0 Å². The van der Waals surface area contributed by atoms with E-state index in [9.17, 15) is 4.39 Å². The average Bonchev–Trinajstić information content (AvgIpc) is 2.48. The molecule has 3 nitrogen and oxygen atoms in total. The number of aromatic nitrogens is 2. The summed E-state index contributed by atoms with van der Waals surface area (Å²) in [5, 5.41) is 0. The molecule has 0 spiro atoms. The van der Waals surface area contributed by atoms with E-state index in [4.69, 9.17) is 5.73 Å². The molecule has 1 aromatic heterocycles. The van der Waals surface area contributed by atoms with Crippen molar-refractivity contribution in [3.63, 3.8) is 0 Å². The van der Waals surface area contributed by atoms with Crippen molar-refractivity contribution in [2.45, 2.75) is 19.3 Å². The van der Waals surface area contributed by atoms with E-state index in [1.807, 2.05) is 6.20 Å². The molecule has 1 aliphatic carbocycles. The van der Waals surface area contributed by atoms with Crippen molar-refractivity contribution >= 4 is 15.9 Å². The summed E-state index contributed by atoms with van der Waals surface area (Å²) in [5.41, 5.74) is 8.65. The predicted molar refractivity (Wildman–Crippen MR) is 79.7 cm³/mol. The summed E-state index contributed by atoms with van der Waals surface area (Å²) >= 11 is 3.42. The summed E-state index contributed by atoms with van der Waals surface area (Å²) in [5.74, 6) is 0.812. The zero-order chi connectivity index (χ0) is 14.1. The number of nitrogens with two attached hydrogens (primary N) is 1. The minimum Gasteiger partial charge on any atom is -0.330 e. The molecule has 3 rings (SSSR count). The number of halogens is 2. The first-order valence-corrected chi connectivity index (χ1v) is 7.47. The summed E-state index contributed by atoms with van der Waals surface area (Å²) in [6, 6.07) is 4.55. The second-order valence-corrected chi connectivity index (χ2v) is 5.99. The van der Waals surface area contributed by atoms with E-state index in [0.717, 1.165) is 29.4 Å². The van der Waals surface area contributed by atoms with E-state index in [1.54, 1.807) is 6.07 Å². The van der Waals surface area contributed by atoms with Crippen LogP contribution in [0.1, 0.15) is 17.7 Å². The molecule has 1 aromatic carbocycles. The molecule has 104 valence electrons. The SMILES string of the molecule is NCC1CCc2nc(-c3cc(F)ccc3Br)ncc2C1. The van der Waals surface area contributed by atoms with Gasteiger partial charge in [0.15, 0.2) is 5.82 Å². The van der Waals surface area contributed by atoms with Crippen molar-refractivity contribution in [1.29, 1.82) is 0 Å². The Balaban J connectivity index is 1.99. The van der Waals surface area contributed by atoms with Crippen LogP contribution in [0.2, 0.25) is 0 Å². The Hall–Kier alpha value is -1.33. The Morgan fingerprint density at radius 2 is 2.25 bits per heavy atom. The number of hydrogen-bond donors (Lipinski definition) is 1. The molecule has 0 saturated carbocycles. The quantitative estimate of drug-likeness (QED) is 0.917. The highest BCUT2D eigenvalue weighted by Gasteiger charge is 2.20. The Morgan fingerprint density at radius 3 is 3.05 bits per heavy atom. The molecule has 1 unspecified atom stereocenters. The first-order valence-electron chi connectivity index (χ1n) is 6.67. The van der Waals surface area contributed by atoms with Crippen LogP contribution in [-0.4, -0.2) is 16.5 Å². The van der Waals surface area contributed by atoms with Crippen LogP contribution in [-0.2, 0) is 12.8 Å². The Morgan fingerprint density at radius 1 is 1.40 bits per heavy atom. The van der Waals surface area contributed by atoms with E-state index < -0.39 is 0 Å². The van der Waals surface area contributed by atoms with Gasteiger partial charge in [-0.1, -0.05) is 15.9 Å². The maximum atomic E-state index is 13.4. The van der Waals surface area contributed by atoms with E-state index in [0.29, 0.717) is 23.9 Å². The summed E-state index contributed by atoms with van der Waals surface area (Å²) in [4.78, 5) is 8.99. The molecule has 0 radical (unpaired) electrons. The molecular weight excluding hydrogens is 321 g/mol. The Kier molecular flexibility index (Phi) is 3.81. The lowest BCUT2D eigenvalue weighted by molar-refractivity contribution is 0.462. The molecular formula is C15H15BrFN3. The van der Waals surface area contributed by atoms with Gasteiger partial charge in [0.1, 0.15) is 5.82 Å². The first-order chi connectivity index (χ1) is 9.67. The highest BCUT2D eigenvalue weighted by Crippen LogP contribution is 2.29. The number of hydrogen-bond acceptors (Lipinski definition) is 3. The number of benzene rings is 1. The number of fused-ring (bicyclic) bond motifs is 1. The largest absolute Gasteiger partial charge is 0.330 e. The third kappa shape index (κ3) is 2.60. The third-order valence-corrected chi connectivity index (χ3v) is 4.45. The predicted octanol–water partition coefficient (Wildman–Crippen LogP) is 3.11. The van der Waals surface area contributed by atoms with Crippen LogP contribution in [0.5, 0.6) is 0 Å². The molecule has 20 heavy (non-hydrogen) atoms. The fourth-order valence-corrected chi connectivity index (χ4v) is 3.01. The molecule has 0 amide bonds. The van der Waals surface area contributed by atoms with Gasteiger partial charge in [-0.05, 0) is 55.5 Å². The van der Waals surface area contributed by atoms with E-state index in [2.05, 4.69) is 25.9 Å². The lowest BCUT2D eigenvalue weighted by atomic mass is 9.87. The molecule has 0 aliphatic heterocycles. The van der Waals surface area contributed by atoms with Gasteiger partial charge in [-0.2, -0.15) is 0 Å². The van der Waals surface area contributed by atoms with Crippen LogP contribution >= 0.6 is 15.9 Å². The number of aryl methyl sites for hydroxylation is 1. The third-order valence-electron chi connectivity index (χ3n) is 3.75. The molecule has 5 heteroatoms. The van der Waals surface area contributed by atoms with Gasteiger partial charge in [0.2, 0.25) is 0 Å². The van der Waals surface area contributed by atoms with Crippen LogP contribution < -0.4 is 5.73 Å².